The summed E-state index contributed by atoms with van der Waals surface area (Å²) in [6.45, 7) is 4.95. The first-order valence-corrected chi connectivity index (χ1v) is 20.4. The van der Waals surface area contributed by atoms with Crippen LogP contribution in [0, 0.1) is 35.0 Å². The summed E-state index contributed by atoms with van der Waals surface area (Å²) in [6.07, 6.45) is 47.3. The summed E-state index contributed by atoms with van der Waals surface area (Å²) in [5, 5.41) is 0. The number of hydrogen-bond donors (Lipinski definition) is 0. The second-order valence-corrected chi connectivity index (χ2v) is 17.0. The van der Waals surface area contributed by atoms with Crippen LogP contribution in [0.15, 0.2) is 186 Å². The van der Waals surface area contributed by atoms with Gasteiger partial charge in [0, 0.05) is 40.7 Å². The van der Waals surface area contributed by atoms with Gasteiger partial charge < -0.3 is 9.80 Å². The van der Waals surface area contributed by atoms with Gasteiger partial charge in [-0.05, 0) is 121 Å². The average Bonchev–Trinajstić information content (AvgIpc) is 3.67. The van der Waals surface area contributed by atoms with Gasteiger partial charge in [-0.1, -0.05) is 141 Å². The normalized spacial score (nSPS) is 31.7. The third-order valence-corrected chi connectivity index (χ3v) is 13.8. The van der Waals surface area contributed by atoms with Crippen LogP contribution in [-0.2, 0) is 0 Å². The Bertz CT molecular complexity index is 2120. The molecule has 2 aromatic rings. The van der Waals surface area contributed by atoms with Crippen LogP contribution in [0.5, 0.6) is 0 Å². The first kappa shape index (κ1) is 32.8. The summed E-state index contributed by atoms with van der Waals surface area (Å²) in [6, 6.07) is 21.1. The minimum atomic E-state index is 0.136. The zero-order valence-corrected chi connectivity index (χ0v) is 31.3. The molecule has 1 aliphatic heterocycles. The third kappa shape index (κ3) is 5.60. The molecule has 1 saturated heterocycles. The Hall–Kier alpha value is -4.82. The van der Waals surface area contributed by atoms with E-state index in [2.05, 4.69) is 175 Å². The Labute approximate surface area is 317 Å². The second-order valence-electron chi connectivity index (χ2n) is 17.0. The summed E-state index contributed by atoms with van der Waals surface area (Å²) in [7, 11) is 0. The molecule has 0 aromatic heterocycles. The third-order valence-electron chi connectivity index (χ3n) is 13.8. The fraction of sp³-hybridized carbons (Fsp3) is 0.333. The van der Waals surface area contributed by atoms with Gasteiger partial charge in [0.2, 0.25) is 0 Å². The molecule has 266 valence electrons. The van der Waals surface area contributed by atoms with E-state index in [1.54, 1.807) is 5.57 Å². The van der Waals surface area contributed by atoms with Gasteiger partial charge in [0.1, 0.15) is 0 Å². The van der Waals surface area contributed by atoms with Crippen molar-refractivity contribution in [2.45, 2.75) is 70.9 Å². The van der Waals surface area contributed by atoms with Crippen molar-refractivity contribution >= 4 is 5.69 Å². The topological polar surface area (TPSA) is 6.48 Å². The predicted molar refractivity (Wildman–Crippen MR) is 222 cm³/mol. The molecule has 7 atom stereocenters. The van der Waals surface area contributed by atoms with Crippen molar-refractivity contribution in [3.05, 3.63) is 186 Å². The summed E-state index contributed by atoms with van der Waals surface area (Å²) in [5.41, 5.74) is 12.6. The maximum Gasteiger partial charge on any atom is 0.0549 e. The molecule has 2 nitrogen and oxygen atoms in total. The zero-order valence-electron chi connectivity index (χ0n) is 31.3. The molecule has 0 bridgehead atoms. The highest BCUT2D eigenvalue weighted by Gasteiger charge is 2.51. The number of likely N-dealkylation sites (tertiary alicyclic amines) is 1. The monoisotopic (exact) mass is 692 g/mol. The van der Waals surface area contributed by atoms with E-state index in [0.29, 0.717) is 41.7 Å². The molecular formula is C51H52N2. The Morgan fingerprint density at radius 3 is 2.40 bits per heavy atom. The maximum absolute atomic E-state index is 2.77. The highest BCUT2D eigenvalue weighted by atomic mass is 15.2. The largest absolute Gasteiger partial charge is 0.361 e. The Kier molecular flexibility index (Phi) is 8.19. The predicted octanol–water partition coefficient (Wildman–Crippen LogP) is 12.4. The van der Waals surface area contributed by atoms with Crippen molar-refractivity contribution < 1.29 is 0 Å². The first-order chi connectivity index (χ1) is 26.0. The molecule has 0 spiro atoms. The van der Waals surface area contributed by atoms with Crippen LogP contribution in [0.2, 0.25) is 0 Å². The minimum Gasteiger partial charge on any atom is -0.361 e. The summed E-state index contributed by atoms with van der Waals surface area (Å²) < 4.78 is 0. The van der Waals surface area contributed by atoms with Gasteiger partial charge in [-0.2, -0.15) is 0 Å². The zero-order chi connectivity index (χ0) is 35.5. The number of hydrogen-bond acceptors (Lipinski definition) is 2. The molecule has 1 saturated carbocycles. The van der Waals surface area contributed by atoms with Gasteiger partial charge in [0.25, 0.3) is 0 Å². The number of fused-ring (bicyclic) bond motifs is 6. The fourth-order valence-electron chi connectivity index (χ4n) is 11.2. The van der Waals surface area contributed by atoms with Gasteiger partial charge >= 0.3 is 0 Å². The molecule has 0 radical (unpaired) electrons. The average molecular weight is 693 g/mol. The standard InChI is InChI=1S/C51H52N2/c1-51(2)47-19-11-9-17-43(47)44-31-30-42(34-48(44)51)52(40-26-21-36(22-27-40)35-13-5-3-6-14-35)41-28-23-37(24-29-41)38-25-32-50-46(33-38)45-18-10-12-20-49(45)53(50)39-15-7-4-8-16-39/h3,5-7,9-11,13-19,21-23,25-28,30,32-34,43-47,49-50H,4,8,12,20,24,29,31H2,1-2H3/t43-,44?,45?,46?,47?,49?,50?/m0/s1. The van der Waals surface area contributed by atoms with E-state index in [1.807, 2.05) is 0 Å². The Morgan fingerprint density at radius 2 is 1.58 bits per heavy atom. The van der Waals surface area contributed by atoms with Gasteiger partial charge in [0.05, 0.1) is 6.04 Å². The Balaban J connectivity index is 0.983. The number of anilines is 1. The summed E-state index contributed by atoms with van der Waals surface area (Å²) in [4.78, 5) is 5.35. The smallest absolute Gasteiger partial charge is 0.0549 e. The highest BCUT2D eigenvalue weighted by molar-refractivity contribution is 5.70. The molecule has 7 aliphatic carbocycles. The van der Waals surface area contributed by atoms with Crippen molar-refractivity contribution in [2.24, 2.45) is 35.0 Å². The van der Waals surface area contributed by atoms with Crippen LogP contribution < -0.4 is 4.90 Å². The SMILES string of the molecule is CC1(C)C2=CC(N(C3=CC=C(C4=CC5C6C=CCCC6N(C6=CCCC=C6)C5C=C4)CC3)c3ccc(-c4ccccc4)cc3)=CCC2[C@@H]2C=CC=CC21. The molecule has 2 fully saturated rings. The fourth-order valence-corrected chi connectivity index (χ4v) is 11.2. The maximum atomic E-state index is 2.77. The van der Waals surface area contributed by atoms with Crippen LogP contribution >= 0.6 is 0 Å². The second kappa shape index (κ2) is 13.2. The molecule has 10 rings (SSSR count). The van der Waals surface area contributed by atoms with Crippen LogP contribution in [0.1, 0.15) is 58.8 Å². The number of allylic oxidation sites excluding steroid dienone is 17. The molecule has 8 aliphatic rings. The summed E-state index contributed by atoms with van der Waals surface area (Å²) >= 11 is 0. The van der Waals surface area contributed by atoms with Crippen LogP contribution in [0.3, 0.4) is 0 Å². The van der Waals surface area contributed by atoms with Crippen molar-refractivity contribution in [3.8, 4) is 11.1 Å². The lowest BCUT2D eigenvalue weighted by atomic mass is 9.75. The van der Waals surface area contributed by atoms with E-state index in [-0.39, 0.29) is 5.41 Å². The van der Waals surface area contributed by atoms with E-state index in [4.69, 9.17) is 0 Å². The lowest BCUT2D eigenvalue weighted by Crippen LogP contribution is -2.37. The van der Waals surface area contributed by atoms with Gasteiger partial charge in [0.15, 0.2) is 0 Å². The first-order valence-electron chi connectivity index (χ1n) is 20.4. The van der Waals surface area contributed by atoms with Crippen LogP contribution in [0.25, 0.3) is 11.1 Å². The van der Waals surface area contributed by atoms with E-state index < -0.39 is 0 Å². The van der Waals surface area contributed by atoms with Crippen LogP contribution in [-0.4, -0.2) is 17.0 Å². The van der Waals surface area contributed by atoms with E-state index in [1.165, 1.54) is 64.3 Å². The van der Waals surface area contributed by atoms with E-state index in [9.17, 15) is 0 Å². The summed E-state index contributed by atoms with van der Waals surface area (Å²) in [5.74, 6) is 2.84. The van der Waals surface area contributed by atoms with E-state index in [0.717, 1.165) is 25.7 Å². The minimum absolute atomic E-state index is 0.136. The quantitative estimate of drug-likeness (QED) is 0.278. The number of rotatable bonds is 6. The van der Waals surface area contributed by atoms with Crippen molar-refractivity contribution in [2.75, 3.05) is 4.90 Å². The van der Waals surface area contributed by atoms with E-state index >= 15 is 0 Å². The molecule has 1 heterocycles. The van der Waals surface area contributed by atoms with Crippen molar-refractivity contribution in [1.29, 1.82) is 0 Å². The lowest BCUT2D eigenvalue weighted by Gasteiger charge is -2.36. The molecule has 0 N–H and O–H groups in total. The van der Waals surface area contributed by atoms with Crippen molar-refractivity contribution in [1.82, 2.24) is 4.90 Å². The molecule has 2 heteroatoms. The Morgan fingerprint density at radius 1 is 0.736 bits per heavy atom. The van der Waals surface area contributed by atoms with Crippen LogP contribution in [0.4, 0.5) is 5.69 Å². The van der Waals surface area contributed by atoms with Gasteiger partial charge in [-0.15, -0.1) is 0 Å². The van der Waals surface area contributed by atoms with Crippen molar-refractivity contribution in [3.63, 3.8) is 0 Å². The highest BCUT2D eigenvalue weighted by Crippen LogP contribution is 2.59. The molecule has 2 aromatic carbocycles. The lowest BCUT2D eigenvalue weighted by molar-refractivity contribution is 0.256. The van der Waals surface area contributed by atoms with Gasteiger partial charge in [-0.3, -0.25) is 0 Å². The molecule has 6 unspecified atom stereocenters. The molecule has 53 heavy (non-hydrogen) atoms. The molecular weight excluding hydrogens is 641 g/mol. The number of benzene rings is 2. The van der Waals surface area contributed by atoms with Gasteiger partial charge in [-0.25, -0.2) is 0 Å². The molecule has 0 amide bonds. The number of nitrogens with zero attached hydrogens (tertiary/aromatic N) is 2.